The summed E-state index contributed by atoms with van der Waals surface area (Å²) in [6.07, 6.45) is 6.06. The van der Waals surface area contributed by atoms with Gasteiger partial charge in [0.15, 0.2) is 0 Å². The SMILES string of the molecule is CCNCC1CCC(CN(Cc2ccsc2)C2CC2)O1. The number of nitrogens with one attached hydrogen (secondary N) is 1. The smallest absolute Gasteiger partial charge is 0.0707 e. The lowest BCUT2D eigenvalue weighted by Gasteiger charge is -2.25. The summed E-state index contributed by atoms with van der Waals surface area (Å²) >= 11 is 1.80. The Labute approximate surface area is 126 Å². The quantitative estimate of drug-likeness (QED) is 0.798. The Morgan fingerprint density at radius 1 is 1.30 bits per heavy atom. The maximum atomic E-state index is 6.19. The minimum absolute atomic E-state index is 0.433. The summed E-state index contributed by atoms with van der Waals surface area (Å²) < 4.78 is 6.19. The van der Waals surface area contributed by atoms with Crippen molar-refractivity contribution in [2.24, 2.45) is 0 Å². The molecule has 2 heterocycles. The van der Waals surface area contributed by atoms with Gasteiger partial charge in [-0.2, -0.15) is 11.3 Å². The molecule has 1 aromatic rings. The van der Waals surface area contributed by atoms with Gasteiger partial charge >= 0.3 is 0 Å². The fourth-order valence-electron chi connectivity index (χ4n) is 3.03. The van der Waals surface area contributed by atoms with Gasteiger partial charge in [-0.15, -0.1) is 0 Å². The normalized spacial score (nSPS) is 26.5. The summed E-state index contributed by atoms with van der Waals surface area (Å²) in [4.78, 5) is 2.64. The van der Waals surface area contributed by atoms with E-state index in [0.717, 1.165) is 32.2 Å². The Hall–Kier alpha value is -0.420. The van der Waals surface area contributed by atoms with Crippen LogP contribution in [0.25, 0.3) is 0 Å². The highest BCUT2D eigenvalue weighted by Crippen LogP contribution is 2.31. The third-order valence-corrected chi connectivity index (χ3v) is 5.02. The standard InChI is InChI=1S/C16H26N2OS/c1-2-17-9-15-5-6-16(19-15)11-18(14-3-4-14)10-13-7-8-20-12-13/h7-8,12,14-17H,2-6,9-11H2,1H3. The molecule has 2 unspecified atom stereocenters. The van der Waals surface area contributed by atoms with Gasteiger partial charge in [-0.1, -0.05) is 6.92 Å². The molecule has 1 saturated carbocycles. The van der Waals surface area contributed by atoms with Gasteiger partial charge in [0.25, 0.3) is 0 Å². The first kappa shape index (κ1) is 14.5. The van der Waals surface area contributed by atoms with Crippen LogP contribution in [0.4, 0.5) is 0 Å². The van der Waals surface area contributed by atoms with Gasteiger partial charge in [-0.05, 0) is 54.6 Å². The molecule has 1 aliphatic heterocycles. The van der Waals surface area contributed by atoms with Crippen molar-refractivity contribution in [3.8, 4) is 0 Å². The van der Waals surface area contributed by atoms with E-state index in [9.17, 15) is 0 Å². The Bertz CT molecular complexity index is 391. The lowest BCUT2D eigenvalue weighted by atomic mass is 10.1. The van der Waals surface area contributed by atoms with E-state index in [4.69, 9.17) is 4.74 Å². The molecular weight excluding hydrogens is 268 g/mol. The van der Waals surface area contributed by atoms with E-state index in [2.05, 4.69) is 34.0 Å². The number of ether oxygens (including phenoxy) is 1. The largest absolute Gasteiger partial charge is 0.372 e. The van der Waals surface area contributed by atoms with E-state index in [1.54, 1.807) is 11.3 Å². The van der Waals surface area contributed by atoms with Gasteiger partial charge in [-0.25, -0.2) is 0 Å². The molecule has 112 valence electrons. The first-order chi connectivity index (χ1) is 9.85. The molecule has 1 saturated heterocycles. The lowest BCUT2D eigenvalue weighted by molar-refractivity contribution is 0.0202. The van der Waals surface area contributed by atoms with E-state index < -0.39 is 0 Å². The molecule has 2 fully saturated rings. The summed E-state index contributed by atoms with van der Waals surface area (Å²) in [6.45, 7) is 6.43. The highest BCUT2D eigenvalue weighted by Gasteiger charge is 2.33. The molecule has 1 N–H and O–H groups in total. The molecule has 4 heteroatoms. The van der Waals surface area contributed by atoms with Crippen LogP contribution < -0.4 is 5.32 Å². The summed E-state index contributed by atoms with van der Waals surface area (Å²) in [5.41, 5.74) is 1.46. The van der Waals surface area contributed by atoms with E-state index in [0.29, 0.717) is 12.2 Å². The molecule has 1 aromatic heterocycles. The Morgan fingerprint density at radius 2 is 2.15 bits per heavy atom. The first-order valence-electron chi connectivity index (χ1n) is 7.96. The highest BCUT2D eigenvalue weighted by molar-refractivity contribution is 7.07. The summed E-state index contributed by atoms with van der Waals surface area (Å²) in [5, 5.41) is 7.85. The summed E-state index contributed by atoms with van der Waals surface area (Å²) in [6, 6.07) is 3.06. The summed E-state index contributed by atoms with van der Waals surface area (Å²) in [7, 11) is 0. The van der Waals surface area contributed by atoms with Gasteiger partial charge in [-0.3, -0.25) is 4.90 Å². The second-order valence-corrected chi connectivity index (χ2v) is 6.84. The van der Waals surface area contributed by atoms with E-state index in [1.807, 2.05) is 0 Å². The Balaban J connectivity index is 1.47. The van der Waals surface area contributed by atoms with Crippen molar-refractivity contribution in [1.82, 2.24) is 10.2 Å². The molecule has 20 heavy (non-hydrogen) atoms. The average Bonchev–Trinajstić information content (AvgIpc) is 3.00. The molecule has 0 spiro atoms. The number of likely N-dealkylation sites (N-methyl/N-ethyl adjacent to an activating group) is 1. The topological polar surface area (TPSA) is 24.5 Å². The van der Waals surface area contributed by atoms with Crippen LogP contribution in [0.1, 0.15) is 38.2 Å². The number of nitrogens with zero attached hydrogens (tertiary/aromatic N) is 1. The maximum Gasteiger partial charge on any atom is 0.0707 e. The third kappa shape index (κ3) is 4.04. The van der Waals surface area contributed by atoms with Crippen LogP contribution in [-0.2, 0) is 11.3 Å². The van der Waals surface area contributed by atoms with Crippen LogP contribution >= 0.6 is 11.3 Å². The van der Waals surface area contributed by atoms with Crippen molar-refractivity contribution in [1.29, 1.82) is 0 Å². The van der Waals surface area contributed by atoms with Crippen LogP contribution in [0.2, 0.25) is 0 Å². The molecule has 0 amide bonds. The minimum Gasteiger partial charge on any atom is -0.372 e. The molecule has 3 rings (SSSR count). The zero-order valence-electron chi connectivity index (χ0n) is 12.4. The maximum absolute atomic E-state index is 6.19. The Morgan fingerprint density at radius 3 is 2.85 bits per heavy atom. The molecule has 2 atom stereocenters. The van der Waals surface area contributed by atoms with Crippen molar-refractivity contribution in [3.63, 3.8) is 0 Å². The van der Waals surface area contributed by atoms with Crippen LogP contribution in [0.15, 0.2) is 16.8 Å². The van der Waals surface area contributed by atoms with Gasteiger partial charge in [0.2, 0.25) is 0 Å². The highest BCUT2D eigenvalue weighted by atomic mass is 32.1. The predicted molar refractivity (Wildman–Crippen MR) is 84.2 cm³/mol. The first-order valence-corrected chi connectivity index (χ1v) is 8.90. The third-order valence-electron chi connectivity index (χ3n) is 4.28. The van der Waals surface area contributed by atoms with Crippen LogP contribution in [0, 0.1) is 0 Å². The van der Waals surface area contributed by atoms with Crippen LogP contribution in [0.3, 0.4) is 0 Å². The van der Waals surface area contributed by atoms with Gasteiger partial charge in [0.05, 0.1) is 12.2 Å². The number of hydrogen-bond donors (Lipinski definition) is 1. The number of hydrogen-bond acceptors (Lipinski definition) is 4. The average molecular weight is 294 g/mol. The van der Waals surface area contributed by atoms with E-state index in [1.165, 1.54) is 31.2 Å². The van der Waals surface area contributed by atoms with Crippen LogP contribution in [0.5, 0.6) is 0 Å². The molecule has 0 radical (unpaired) electrons. The minimum atomic E-state index is 0.433. The van der Waals surface area contributed by atoms with Crippen molar-refractivity contribution in [2.75, 3.05) is 19.6 Å². The van der Waals surface area contributed by atoms with Crippen molar-refractivity contribution in [3.05, 3.63) is 22.4 Å². The summed E-state index contributed by atoms with van der Waals surface area (Å²) in [5.74, 6) is 0. The van der Waals surface area contributed by atoms with Gasteiger partial charge in [0, 0.05) is 25.7 Å². The Kier molecular flexibility index (Phi) is 5.10. The van der Waals surface area contributed by atoms with Gasteiger partial charge < -0.3 is 10.1 Å². The fraction of sp³-hybridized carbons (Fsp3) is 0.750. The zero-order chi connectivity index (χ0) is 13.8. The molecule has 3 nitrogen and oxygen atoms in total. The zero-order valence-corrected chi connectivity index (χ0v) is 13.2. The predicted octanol–water partition coefficient (Wildman–Crippen LogP) is 2.87. The molecule has 2 aliphatic rings. The molecular formula is C16H26N2OS. The van der Waals surface area contributed by atoms with Crippen molar-refractivity contribution < 1.29 is 4.74 Å². The lowest BCUT2D eigenvalue weighted by Crippen LogP contribution is -2.35. The number of thiophene rings is 1. The van der Waals surface area contributed by atoms with Crippen LogP contribution in [-0.4, -0.2) is 42.8 Å². The molecule has 0 bridgehead atoms. The molecule has 1 aliphatic carbocycles. The second-order valence-electron chi connectivity index (χ2n) is 6.06. The van der Waals surface area contributed by atoms with E-state index >= 15 is 0 Å². The van der Waals surface area contributed by atoms with E-state index in [-0.39, 0.29) is 0 Å². The number of rotatable bonds is 8. The van der Waals surface area contributed by atoms with Crippen molar-refractivity contribution >= 4 is 11.3 Å². The molecule has 0 aromatic carbocycles. The van der Waals surface area contributed by atoms with Crippen molar-refractivity contribution in [2.45, 2.75) is 57.4 Å². The fourth-order valence-corrected chi connectivity index (χ4v) is 3.69. The monoisotopic (exact) mass is 294 g/mol. The second kappa shape index (κ2) is 7.03. The van der Waals surface area contributed by atoms with Gasteiger partial charge in [0.1, 0.15) is 0 Å².